The van der Waals surface area contributed by atoms with Crippen LogP contribution in [0.1, 0.15) is 194 Å². The van der Waals surface area contributed by atoms with Gasteiger partial charge in [0.05, 0.1) is 0 Å². The molecular formula is C40H72O4. The molecule has 0 N–H and O–H groups in total. The minimum atomic E-state index is -0.145. The van der Waals surface area contributed by atoms with Crippen molar-refractivity contribution < 1.29 is 19.1 Å². The molecule has 0 heterocycles. The highest BCUT2D eigenvalue weighted by Crippen LogP contribution is 2.12. The van der Waals surface area contributed by atoms with Gasteiger partial charge in [-0.2, -0.15) is 0 Å². The van der Waals surface area contributed by atoms with Gasteiger partial charge in [0.15, 0.2) is 0 Å². The molecule has 44 heavy (non-hydrogen) atoms. The van der Waals surface area contributed by atoms with Gasteiger partial charge < -0.3 is 9.47 Å². The topological polar surface area (TPSA) is 52.6 Å². The Hall–Kier alpha value is -1.84. The van der Waals surface area contributed by atoms with E-state index in [1.165, 1.54) is 141 Å². The van der Waals surface area contributed by atoms with Crippen LogP contribution in [0.2, 0.25) is 0 Å². The van der Waals surface area contributed by atoms with Crippen LogP contribution in [0.25, 0.3) is 0 Å². The van der Waals surface area contributed by atoms with Crippen LogP contribution in [0, 0.1) is 0 Å². The number of hydrogen-bond donors (Lipinski definition) is 0. The number of ether oxygens (including phenoxy) is 2. The molecule has 0 fully saturated rings. The van der Waals surface area contributed by atoms with E-state index in [0.717, 1.165) is 25.7 Å². The molecule has 0 saturated carbocycles. The Balaban J connectivity index is 3.39. The Morgan fingerprint density at radius 2 is 0.636 bits per heavy atom. The van der Waals surface area contributed by atoms with Crippen molar-refractivity contribution in [3.63, 3.8) is 0 Å². The third-order valence-electron chi connectivity index (χ3n) is 8.13. The third-order valence-corrected chi connectivity index (χ3v) is 8.13. The number of carbonyl (C=O) groups excluding carboxylic acids is 2. The monoisotopic (exact) mass is 617 g/mol. The summed E-state index contributed by atoms with van der Waals surface area (Å²) in [7, 11) is 0. The highest BCUT2D eigenvalue weighted by atomic mass is 16.5. The zero-order valence-corrected chi connectivity index (χ0v) is 29.3. The second-order valence-corrected chi connectivity index (χ2v) is 12.5. The maximum atomic E-state index is 11.9. The molecule has 256 valence electrons. The fraction of sp³-hybridized carbons (Fsp3) is 0.800. The van der Waals surface area contributed by atoms with Crippen LogP contribution in [-0.2, 0) is 19.1 Å². The van der Waals surface area contributed by atoms with Crippen molar-refractivity contribution in [1.82, 2.24) is 0 Å². The number of rotatable bonds is 34. The summed E-state index contributed by atoms with van der Waals surface area (Å²) in [6, 6.07) is 0. The zero-order valence-electron chi connectivity index (χ0n) is 29.3. The van der Waals surface area contributed by atoms with Crippen molar-refractivity contribution in [3.8, 4) is 0 Å². The first-order chi connectivity index (χ1) is 21.7. The van der Waals surface area contributed by atoms with Crippen LogP contribution < -0.4 is 0 Å². The number of carbonyl (C=O) groups is 2. The van der Waals surface area contributed by atoms with E-state index in [1.807, 2.05) is 0 Å². The third kappa shape index (κ3) is 36.4. The lowest BCUT2D eigenvalue weighted by atomic mass is 10.1. The molecule has 0 aromatic heterocycles. The first kappa shape index (κ1) is 42.2. The Kier molecular flexibility index (Phi) is 35.8. The molecule has 0 bridgehead atoms. The van der Waals surface area contributed by atoms with Crippen molar-refractivity contribution in [3.05, 3.63) is 36.5 Å². The van der Waals surface area contributed by atoms with Crippen molar-refractivity contribution in [2.75, 3.05) is 13.2 Å². The number of unbranched alkanes of at least 4 members (excludes halogenated alkanes) is 22. The van der Waals surface area contributed by atoms with E-state index in [4.69, 9.17) is 9.47 Å². The van der Waals surface area contributed by atoms with Crippen LogP contribution in [0.5, 0.6) is 0 Å². The van der Waals surface area contributed by atoms with E-state index >= 15 is 0 Å². The Morgan fingerprint density at radius 3 is 0.955 bits per heavy atom. The molecule has 0 aliphatic heterocycles. The standard InChI is InChI=1S/C40H72O4/c1-3-5-7-9-11-13-15-17-19-21-23-25-27-29-31-35-39(41)43-37-33-34-38-44-40(42)36-32-30-28-26-24-22-20-18-16-14-12-10-8-6-4-2/h17-20,33-34H,3-16,21-32,35-38H2,1-2H3/b19-17-,20-18-,34-33?. The van der Waals surface area contributed by atoms with Gasteiger partial charge in [-0.3, -0.25) is 9.59 Å². The fourth-order valence-electron chi connectivity index (χ4n) is 5.24. The quantitative estimate of drug-likeness (QED) is 0.0410. The summed E-state index contributed by atoms with van der Waals surface area (Å²) in [5.74, 6) is -0.290. The van der Waals surface area contributed by atoms with Gasteiger partial charge in [-0.25, -0.2) is 0 Å². The molecule has 0 atom stereocenters. The zero-order chi connectivity index (χ0) is 32.0. The molecule has 0 aliphatic rings. The van der Waals surface area contributed by atoms with Gasteiger partial charge in [0.1, 0.15) is 13.2 Å². The minimum Gasteiger partial charge on any atom is -0.461 e. The van der Waals surface area contributed by atoms with Gasteiger partial charge in [0.25, 0.3) is 0 Å². The summed E-state index contributed by atoms with van der Waals surface area (Å²) < 4.78 is 10.5. The summed E-state index contributed by atoms with van der Waals surface area (Å²) in [5.41, 5.74) is 0. The highest BCUT2D eigenvalue weighted by molar-refractivity contribution is 5.69. The van der Waals surface area contributed by atoms with Crippen molar-refractivity contribution in [2.45, 2.75) is 194 Å². The average Bonchev–Trinajstić information content (AvgIpc) is 3.02. The van der Waals surface area contributed by atoms with Gasteiger partial charge >= 0.3 is 11.9 Å². The maximum absolute atomic E-state index is 11.9. The van der Waals surface area contributed by atoms with Gasteiger partial charge in [-0.15, -0.1) is 0 Å². The summed E-state index contributed by atoms with van der Waals surface area (Å²) in [5, 5.41) is 0. The second-order valence-electron chi connectivity index (χ2n) is 12.5. The van der Waals surface area contributed by atoms with E-state index in [2.05, 4.69) is 38.2 Å². The lowest BCUT2D eigenvalue weighted by Gasteiger charge is -2.03. The normalized spacial score (nSPS) is 11.8. The summed E-state index contributed by atoms with van der Waals surface area (Å²) >= 11 is 0. The minimum absolute atomic E-state index is 0.145. The molecule has 0 unspecified atom stereocenters. The first-order valence-corrected chi connectivity index (χ1v) is 19.0. The molecule has 0 spiro atoms. The molecule has 0 rings (SSSR count). The van der Waals surface area contributed by atoms with Crippen LogP contribution >= 0.6 is 0 Å². The number of hydrogen-bond acceptors (Lipinski definition) is 4. The Bertz CT molecular complexity index is 635. The van der Waals surface area contributed by atoms with E-state index in [0.29, 0.717) is 12.8 Å². The predicted octanol–water partition coefficient (Wildman–Crippen LogP) is 12.7. The fourth-order valence-corrected chi connectivity index (χ4v) is 5.24. The molecule has 0 aliphatic carbocycles. The van der Waals surface area contributed by atoms with E-state index in [9.17, 15) is 9.59 Å². The summed E-state index contributed by atoms with van der Waals surface area (Å²) in [6.07, 6.45) is 46.3. The lowest BCUT2D eigenvalue weighted by molar-refractivity contribution is -0.143. The molecule has 4 nitrogen and oxygen atoms in total. The van der Waals surface area contributed by atoms with Crippen LogP contribution in [0.3, 0.4) is 0 Å². The first-order valence-electron chi connectivity index (χ1n) is 19.0. The molecule has 0 aromatic rings. The SMILES string of the molecule is CCCCCCCC/C=C\CCCCCCCC(=O)OCC=CCOC(=O)CCCCCCC/C=C\CCCCCCCC. The lowest BCUT2D eigenvalue weighted by Crippen LogP contribution is -2.05. The largest absolute Gasteiger partial charge is 0.461 e. The van der Waals surface area contributed by atoms with Crippen LogP contribution in [-0.4, -0.2) is 25.2 Å². The Morgan fingerprint density at radius 1 is 0.364 bits per heavy atom. The molecule has 4 heteroatoms. The smallest absolute Gasteiger partial charge is 0.306 e. The molecule has 0 aromatic carbocycles. The van der Waals surface area contributed by atoms with E-state index < -0.39 is 0 Å². The van der Waals surface area contributed by atoms with Gasteiger partial charge in [0.2, 0.25) is 0 Å². The number of allylic oxidation sites excluding steroid dienone is 4. The average molecular weight is 617 g/mol. The molecular weight excluding hydrogens is 544 g/mol. The molecule has 0 radical (unpaired) electrons. The Labute approximate surface area is 273 Å². The predicted molar refractivity (Wildman–Crippen MR) is 190 cm³/mol. The summed E-state index contributed by atoms with van der Waals surface area (Å²) in [4.78, 5) is 23.8. The van der Waals surface area contributed by atoms with Crippen molar-refractivity contribution in [2.24, 2.45) is 0 Å². The molecule has 0 amide bonds. The molecule has 0 saturated heterocycles. The van der Waals surface area contributed by atoms with Crippen molar-refractivity contribution >= 4 is 11.9 Å². The van der Waals surface area contributed by atoms with Gasteiger partial charge in [-0.05, 0) is 76.4 Å². The van der Waals surface area contributed by atoms with Crippen molar-refractivity contribution in [1.29, 1.82) is 0 Å². The maximum Gasteiger partial charge on any atom is 0.306 e. The number of esters is 2. The van der Waals surface area contributed by atoms with E-state index in [-0.39, 0.29) is 25.2 Å². The second kappa shape index (κ2) is 37.3. The van der Waals surface area contributed by atoms with Gasteiger partial charge in [-0.1, -0.05) is 141 Å². The van der Waals surface area contributed by atoms with Crippen LogP contribution in [0.15, 0.2) is 36.5 Å². The van der Waals surface area contributed by atoms with Crippen LogP contribution in [0.4, 0.5) is 0 Å². The van der Waals surface area contributed by atoms with E-state index in [1.54, 1.807) is 12.2 Å². The van der Waals surface area contributed by atoms with Gasteiger partial charge in [0, 0.05) is 12.8 Å². The summed E-state index contributed by atoms with van der Waals surface area (Å²) in [6.45, 7) is 5.02. The highest BCUT2D eigenvalue weighted by Gasteiger charge is 2.03.